The molecule has 1 heterocycles. The van der Waals surface area contributed by atoms with Crippen LogP contribution in [0.5, 0.6) is 0 Å². The number of nitrogens with one attached hydrogen (secondary N) is 1. The van der Waals surface area contributed by atoms with E-state index in [-0.39, 0.29) is 0 Å². The monoisotopic (exact) mass is 222 g/mol. The van der Waals surface area contributed by atoms with Gasteiger partial charge in [-0.1, -0.05) is 6.07 Å². The molecule has 1 unspecified atom stereocenters. The minimum Gasteiger partial charge on any atom is -0.382 e. The van der Waals surface area contributed by atoms with Crippen molar-refractivity contribution in [3.63, 3.8) is 0 Å². The second-order valence-corrected chi connectivity index (χ2v) is 3.85. The standard InChI is InChI=1S/C13H22N2O/c1-3-16-10-6-8-12(14-2)11-13-7-4-5-9-15-13/h4-5,7,9,12,14H,3,6,8,10-11H2,1-2H3. The molecule has 0 spiro atoms. The average Bonchev–Trinajstić information content (AvgIpc) is 2.34. The SMILES string of the molecule is CCOCCCC(Cc1ccccn1)NC. The van der Waals surface area contributed by atoms with Crippen molar-refractivity contribution >= 4 is 0 Å². The van der Waals surface area contributed by atoms with Crippen molar-refractivity contribution < 1.29 is 4.74 Å². The summed E-state index contributed by atoms with van der Waals surface area (Å²) in [6.45, 7) is 3.70. The molecule has 0 saturated heterocycles. The van der Waals surface area contributed by atoms with Crippen molar-refractivity contribution in [3.05, 3.63) is 30.1 Å². The van der Waals surface area contributed by atoms with Gasteiger partial charge in [-0.2, -0.15) is 0 Å². The van der Waals surface area contributed by atoms with Crippen LogP contribution >= 0.6 is 0 Å². The quantitative estimate of drug-likeness (QED) is 0.683. The fourth-order valence-corrected chi connectivity index (χ4v) is 1.70. The molecule has 0 aliphatic carbocycles. The lowest BCUT2D eigenvalue weighted by atomic mass is 10.1. The Morgan fingerprint density at radius 2 is 2.31 bits per heavy atom. The van der Waals surface area contributed by atoms with E-state index in [1.807, 2.05) is 32.3 Å². The van der Waals surface area contributed by atoms with E-state index in [0.29, 0.717) is 6.04 Å². The topological polar surface area (TPSA) is 34.1 Å². The molecule has 1 atom stereocenters. The van der Waals surface area contributed by atoms with Gasteiger partial charge in [-0.15, -0.1) is 0 Å². The highest BCUT2D eigenvalue weighted by Gasteiger charge is 2.07. The number of hydrogen-bond acceptors (Lipinski definition) is 3. The van der Waals surface area contributed by atoms with Gasteiger partial charge in [0.15, 0.2) is 0 Å². The molecule has 0 amide bonds. The van der Waals surface area contributed by atoms with E-state index in [1.54, 1.807) is 0 Å². The lowest BCUT2D eigenvalue weighted by molar-refractivity contribution is 0.141. The van der Waals surface area contributed by atoms with Gasteiger partial charge >= 0.3 is 0 Å². The van der Waals surface area contributed by atoms with E-state index >= 15 is 0 Å². The zero-order valence-corrected chi connectivity index (χ0v) is 10.3. The van der Waals surface area contributed by atoms with E-state index in [0.717, 1.165) is 38.2 Å². The number of likely N-dealkylation sites (N-methyl/N-ethyl adjacent to an activating group) is 1. The van der Waals surface area contributed by atoms with Gasteiger partial charge in [0.1, 0.15) is 0 Å². The van der Waals surface area contributed by atoms with E-state index in [1.165, 1.54) is 0 Å². The molecular formula is C13H22N2O. The Labute approximate surface area is 98.2 Å². The van der Waals surface area contributed by atoms with Crippen LogP contribution in [-0.4, -0.2) is 31.3 Å². The molecule has 0 saturated carbocycles. The van der Waals surface area contributed by atoms with Crippen LogP contribution in [0.3, 0.4) is 0 Å². The fraction of sp³-hybridized carbons (Fsp3) is 0.615. The Morgan fingerprint density at radius 1 is 1.44 bits per heavy atom. The predicted molar refractivity (Wildman–Crippen MR) is 66.5 cm³/mol. The minimum atomic E-state index is 0.496. The van der Waals surface area contributed by atoms with Crippen LogP contribution in [0.15, 0.2) is 24.4 Å². The van der Waals surface area contributed by atoms with E-state index in [2.05, 4.69) is 16.4 Å². The molecule has 1 N–H and O–H groups in total. The highest BCUT2D eigenvalue weighted by atomic mass is 16.5. The number of pyridine rings is 1. The summed E-state index contributed by atoms with van der Waals surface area (Å²) in [5.41, 5.74) is 1.15. The summed E-state index contributed by atoms with van der Waals surface area (Å²) in [5, 5.41) is 3.33. The van der Waals surface area contributed by atoms with Crippen LogP contribution in [0.25, 0.3) is 0 Å². The number of aromatic nitrogens is 1. The molecule has 0 fully saturated rings. The lowest BCUT2D eigenvalue weighted by Crippen LogP contribution is -2.28. The molecule has 0 aliphatic rings. The predicted octanol–water partition coefficient (Wildman–Crippen LogP) is 2.03. The van der Waals surface area contributed by atoms with Crippen LogP contribution in [0.4, 0.5) is 0 Å². The van der Waals surface area contributed by atoms with Crippen LogP contribution in [0, 0.1) is 0 Å². The Bertz CT molecular complexity index is 264. The molecule has 3 nitrogen and oxygen atoms in total. The second-order valence-electron chi connectivity index (χ2n) is 3.85. The zero-order chi connectivity index (χ0) is 11.6. The molecular weight excluding hydrogens is 200 g/mol. The summed E-state index contributed by atoms with van der Waals surface area (Å²) in [6, 6.07) is 6.56. The van der Waals surface area contributed by atoms with Crippen LogP contribution in [0.2, 0.25) is 0 Å². The van der Waals surface area contributed by atoms with Gasteiger partial charge in [-0.25, -0.2) is 0 Å². The van der Waals surface area contributed by atoms with Gasteiger partial charge in [0, 0.05) is 37.6 Å². The summed E-state index contributed by atoms with van der Waals surface area (Å²) < 4.78 is 5.34. The fourth-order valence-electron chi connectivity index (χ4n) is 1.70. The average molecular weight is 222 g/mol. The first-order valence-corrected chi connectivity index (χ1v) is 6.01. The molecule has 1 rings (SSSR count). The first-order chi connectivity index (χ1) is 7.86. The van der Waals surface area contributed by atoms with Crippen LogP contribution in [0.1, 0.15) is 25.5 Å². The maximum atomic E-state index is 5.34. The maximum Gasteiger partial charge on any atom is 0.0466 e. The van der Waals surface area contributed by atoms with E-state index < -0.39 is 0 Å². The number of rotatable bonds is 8. The van der Waals surface area contributed by atoms with Crippen molar-refractivity contribution in [1.82, 2.24) is 10.3 Å². The third-order valence-corrected chi connectivity index (χ3v) is 2.64. The summed E-state index contributed by atoms with van der Waals surface area (Å²) in [4.78, 5) is 4.34. The lowest BCUT2D eigenvalue weighted by Gasteiger charge is -2.15. The van der Waals surface area contributed by atoms with Gasteiger partial charge in [0.25, 0.3) is 0 Å². The smallest absolute Gasteiger partial charge is 0.0466 e. The van der Waals surface area contributed by atoms with Crippen molar-refractivity contribution in [2.75, 3.05) is 20.3 Å². The van der Waals surface area contributed by atoms with Gasteiger partial charge in [-0.05, 0) is 38.9 Å². The summed E-state index contributed by atoms with van der Waals surface area (Å²) >= 11 is 0. The molecule has 3 heteroatoms. The molecule has 0 radical (unpaired) electrons. The summed E-state index contributed by atoms with van der Waals surface area (Å²) in [6.07, 6.45) is 5.07. The van der Waals surface area contributed by atoms with Gasteiger partial charge in [0.2, 0.25) is 0 Å². The van der Waals surface area contributed by atoms with E-state index in [9.17, 15) is 0 Å². The maximum absolute atomic E-state index is 5.34. The normalized spacial score (nSPS) is 12.6. The number of ether oxygens (including phenoxy) is 1. The van der Waals surface area contributed by atoms with E-state index in [4.69, 9.17) is 4.74 Å². The third-order valence-electron chi connectivity index (χ3n) is 2.64. The Balaban J connectivity index is 2.26. The van der Waals surface area contributed by atoms with Crippen LogP contribution in [-0.2, 0) is 11.2 Å². The summed E-state index contributed by atoms with van der Waals surface area (Å²) in [7, 11) is 2.01. The largest absolute Gasteiger partial charge is 0.382 e. The molecule has 0 aromatic carbocycles. The molecule has 0 bridgehead atoms. The molecule has 90 valence electrons. The second kappa shape index (κ2) is 8.25. The Kier molecular flexibility index (Phi) is 6.77. The van der Waals surface area contributed by atoms with Crippen LogP contribution < -0.4 is 5.32 Å². The molecule has 16 heavy (non-hydrogen) atoms. The number of hydrogen-bond donors (Lipinski definition) is 1. The zero-order valence-electron chi connectivity index (χ0n) is 10.3. The molecule has 1 aromatic heterocycles. The highest BCUT2D eigenvalue weighted by molar-refractivity contribution is 5.05. The van der Waals surface area contributed by atoms with Gasteiger partial charge in [0.05, 0.1) is 0 Å². The number of nitrogens with zero attached hydrogens (tertiary/aromatic N) is 1. The van der Waals surface area contributed by atoms with Crippen molar-refractivity contribution in [1.29, 1.82) is 0 Å². The Morgan fingerprint density at radius 3 is 2.94 bits per heavy atom. The first kappa shape index (κ1) is 13.1. The third kappa shape index (κ3) is 5.24. The van der Waals surface area contributed by atoms with Crippen molar-refractivity contribution in [2.24, 2.45) is 0 Å². The minimum absolute atomic E-state index is 0.496. The van der Waals surface area contributed by atoms with Gasteiger partial charge in [-0.3, -0.25) is 4.98 Å². The molecule has 1 aromatic rings. The summed E-state index contributed by atoms with van der Waals surface area (Å²) in [5.74, 6) is 0. The van der Waals surface area contributed by atoms with Crippen molar-refractivity contribution in [3.8, 4) is 0 Å². The first-order valence-electron chi connectivity index (χ1n) is 6.01. The van der Waals surface area contributed by atoms with Gasteiger partial charge < -0.3 is 10.1 Å². The Hall–Kier alpha value is -0.930. The molecule has 0 aliphatic heterocycles. The van der Waals surface area contributed by atoms with Crippen molar-refractivity contribution in [2.45, 2.75) is 32.2 Å². The highest BCUT2D eigenvalue weighted by Crippen LogP contribution is 2.05.